The fourth-order valence-electron chi connectivity index (χ4n) is 3.20. The SMILES string of the molecule is CN1CC2=CNC=CC2=C2C=C(Br)C(OCC(N)CCC(F)(F)F)=CC21. The van der Waals surface area contributed by atoms with Gasteiger partial charge in [0.05, 0.1) is 10.5 Å². The van der Waals surface area contributed by atoms with Gasteiger partial charge in [-0.25, -0.2) is 0 Å². The first kappa shape index (κ1) is 19.3. The summed E-state index contributed by atoms with van der Waals surface area (Å²) in [6, 6.07) is -0.615. The van der Waals surface area contributed by atoms with Crippen LogP contribution in [0.2, 0.25) is 0 Å². The molecule has 2 heterocycles. The molecule has 3 N–H and O–H groups in total. The fourth-order valence-corrected chi connectivity index (χ4v) is 3.69. The van der Waals surface area contributed by atoms with Gasteiger partial charge in [-0.15, -0.1) is 0 Å². The van der Waals surface area contributed by atoms with Crippen molar-refractivity contribution in [3.05, 3.63) is 57.6 Å². The number of dihydropyridines is 1. The molecular formula is C18H21BrF3N3O. The maximum atomic E-state index is 12.3. The van der Waals surface area contributed by atoms with Crippen molar-refractivity contribution in [3.63, 3.8) is 0 Å². The van der Waals surface area contributed by atoms with Crippen molar-refractivity contribution in [2.45, 2.75) is 31.1 Å². The van der Waals surface area contributed by atoms with Crippen LogP contribution >= 0.6 is 15.9 Å². The highest BCUT2D eigenvalue weighted by atomic mass is 79.9. The van der Waals surface area contributed by atoms with E-state index in [1.807, 2.05) is 37.7 Å². The minimum atomic E-state index is -4.19. The highest BCUT2D eigenvalue weighted by molar-refractivity contribution is 9.12. The fraction of sp³-hybridized carbons (Fsp3) is 0.444. The molecule has 0 saturated carbocycles. The van der Waals surface area contributed by atoms with E-state index in [-0.39, 0.29) is 19.1 Å². The van der Waals surface area contributed by atoms with Gasteiger partial charge in [0, 0.05) is 31.4 Å². The third-order valence-corrected chi connectivity index (χ3v) is 5.17. The summed E-state index contributed by atoms with van der Waals surface area (Å²) in [5.41, 5.74) is 9.31. The number of alkyl halides is 3. The van der Waals surface area contributed by atoms with Crippen LogP contribution in [0.5, 0.6) is 0 Å². The predicted octanol–water partition coefficient (Wildman–Crippen LogP) is 3.46. The lowest BCUT2D eigenvalue weighted by Crippen LogP contribution is -2.40. The van der Waals surface area contributed by atoms with Crippen LogP contribution in [-0.4, -0.2) is 43.4 Å². The van der Waals surface area contributed by atoms with Gasteiger partial charge >= 0.3 is 6.18 Å². The highest BCUT2D eigenvalue weighted by Crippen LogP contribution is 2.37. The quantitative estimate of drug-likeness (QED) is 0.699. The second-order valence-corrected chi connectivity index (χ2v) is 7.50. The lowest BCUT2D eigenvalue weighted by Gasteiger charge is -2.37. The van der Waals surface area contributed by atoms with Crippen molar-refractivity contribution < 1.29 is 17.9 Å². The zero-order valence-corrected chi connectivity index (χ0v) is 15.9. The second kappa shape index (κ2) is 7.62. The molecule has 2 atom stereocenters. The van der Waals surface area contributed by atoms with E-state index in [4.69, 9.17) is 10.5 Å². The van der Waals surface area contributed by atoms with Gasteiger partial charge in [0.25, 0.3) is 0 Å². The van der Waals surface area contributed by atoms with Crippen LogP contribution in [0.25, 0.3) is 0 Å². The molecule has 0 aromatic carbocycles. The number of nitrogens with two attached hydrogens (primary N) is 1. The van der Waals surface area contributed by atoms with Gasteiger partial charge in [-0.1, -0.05) is 0 Å². The molecule has 1 aliphatic carbocycles. The minimum absolute atomic E-state index is 0.0438. The molecule has 3 aliphatic rings. The van der Waals surface area contributed by atoms with E-state index in [1.165, 1.54) is 11.1 Å². The number of likely N-dealkylation sites (N-methyl/N-ethyl adjacent to an activating group) is 1. The van der Waals surface area contributed by atoms with Gasteiger partial charge in [0.2, 0.25) is 0 Å². The van der Waals surface area contributed by atoms with E-state index in [2.05, 4.69) is 26.1 Å². The Labute approximate surface area is 159 Å². The number of rotatable bonds is 5. The first-order valence-electron chi connectivity index (χ1n) is 8.35. The first-order chi connectivity index (χ1) is 12.2. The Morgan fingerprint density at radius 2 is 2.23 bits per heavy atom. The number of hydrogen-bond acceptors (Lipinski definition) is 4. The third-order valence-electron chi connectivity index (χ3n) is 4.55. The summed E-state index contributed by atoms with van der Waals surface area (Å²) in [6.45, 7) is 0.837. The molecule has 26 heavy (non-hydrogen) atoms. The lowest BCUT2D eigenvalue weighted by atomic mass is 9.86. The Balaban J connectivity index is 1.70. The number of nitrogens with one attached hydrogen (secondary N) is 1. The van der Waals surface area contributed by atoms with Crippen molar-refractivity contribution in [1.29, 1.82) is 0 Å². The summed E-state index contributed by atoms with van der Waals surface area (Å²) in [5.74, 6) is 0.610. The average molecular weight is 432 g/mol. The van der Waals surface area contributed by atoms with Gasteiger partial charge < -0.3 is 15.8 Å². The number of fused-ring (bicyclic) bond motifs is 2. The molecule has 2 unspecified atom stereocenters. The van der Waals surface area contributed by atoms with Crippen LogP contribution in [0, 0.1) is 0 Å². The molecule has 0 saturated heterocycles. The van der Waals surface area contributed by atoms with Crippen LogP contribution < -0.4 is 11.1 Å². The maximum Gasteiger partial charge on any atom is 0.389 e. The molecule has 0 amide bonds. The molecule has 0 radical (unpaired) electrons. The van der Waals surface area contributed by atoms with E-state index >= 15 is 0 Å². The number of ether oxygens (including phenoxy) is 1. The van der Waals surface area contributed by atoms with E-state index in [9.17, 15) is 13.2 Å². The summed E-state index contributed by atoms with van der Waals surface area (Å²) < 4.78 is 43.3. The van der Waals surface area contributed by atoms with Gasteiger partial charge in [0.15, 0.2) is 0 Å². The van der Waals surface area contributed by atoms with Gasteiger partial charge in [-0.05, 0) is 64.3 Å². The third kappa shape index (κ3) is 4.42. The van der Waals surface area contributed by atoms with Gasteiger partial charge in [-0.3, -0.25) is 4.90 Å². The molecule has 142 valence electrons. The Kier molecular flexibility index (Phi) is 5.64. The van der Waals surface area contributed by atoms with Crippen molar-refractivity contribution in [3.8, 4) is 0 Å². The zero-order chi connectivity index (χ0) is 18.9. The van der Waals surface area contributed by atoms with Gasteiger partial charge in [-0.2, -0.15) is 13.2 Å². The molecule has 0 bridgehead atoms. The summed E-state index contributed by atoms with van der Waals surface area (Å²) >= 11 is 3.51. The predicted molar refractivity (Wildman–Crippen MR) is 98.1 cm³/mol. The summed E-state index contributed by atoms with van der Waals surface area (Å²) in [7, 11) is 2.02. The Bertz CT molecular complexity index is 722. The molecule has 0 aromatic rings. The second-order valence-electron chi connectivity index (χ2n) is 6.65. The van der Waals surface area contributed by atoms with Crippen LogP contribution in [-0.2, 0) is 4.74 Å². The maximum absolute atomic E-state index is 12.3. The van der Waals surface area contributed by atoms with E-state index < -0.39 is 18.6 Å². The Morgan fingerprint density at radius 3 is 2.96 bits per heavy atom. The minimum Gasteiger partial charge on any atom is -0.491 e. The molecular weight excluding hydrogens is 411 g/mol. The first-order valence-corrected chi connectivity index (χ1v) is 9.15. The summed E-state index contributed by atoms with van der Waals surface area (Å²) in [4.78, 5) is 2.19. The van der Waals surface area contributed by atoms with E-state index in [0.29, 0.717) is 5.76 Å². The molecule has 4 nitrogen and oxygen atoms in total. The topological polar surface area (TPSA) is 50.5 Å². The average Bonchev–Trinajstić information content (AvgIpc) is 2.58. The van der Waals surface area contributed by atoms with E-state index in [0.717, 1.165) is 16.6 Å². The Morgan fingerprint density at radius 1 is 1.46 bits per heavy atom. The largest absolute Gasteiger partial charge is 0.491 e. The molecule has 2 aliphatic heterocycles. The normalized spacial score (nSPS) is 24.1. The number of halogens is 4. The monoisotopic (exact) mass is 431 g/mol. The molecule has 0 fully saturated rings. The summed E-state index contributed by atoms with van der Waals surface area (Å²) in [6.07, 6.45) is 4.69. The molecule has 3 rings (SSSR count). The standard InChI is InChI=1S/C18H21BrF3N3O/c1-25-9-11-8-24-5-3-13(11)14-6-15(19)17(7-16(14)25)26-10-12(23)2-4-18(20,21)22/h3,5-8,12,16,24H,2,4,9-10,23H2,1H3. The van der Waals surface area contributed by atoms with Crippen LogP contribution in [0.1, 0.15) is 12.8 Å². The van der Waals surface area contributed by atoms with Crippen molar-refractivity contribution in [2.75, 3.05) is 20.2 Å². The molecule has 0 aromatic heterocycles. The van der Waals surface area contributed by atoms with Crippen molar-refractivity contribution in [2.24, 2.45) is 5.73 Å². The highest BCUT2D eigenvalue weighted by Gasteiger charge is 2.32. The number of nitrogens with zero attached hydrogens (tertiary/aromatic N) is 1. The number of hydrogen-bond donors (Lipinski definition) is 2. The van der Waals surface area contributed by atoms with Crippen LogP contribution in [0.3, 0.4) is 0 Å². The van der Waals surface area contributed by atoms with Crippen molar-refractivity contribution >= 4 is 15.9 Å². The van der Waals surface area contributed by atoms with E-state index in [1.54, 1.807) is 0 Å². The van der Waals surface area contributed by atoms with Gasteiger partial charge in [0.1, 0.15) is 12.4 Å². The van der Waals surface area contributed by atoms with Crippen LogP contribution in [0.4, 0.5) is 13.2 Å². The van der Waals surface area contributed by atoms with Crippen molar-refractivity contribution in [1.82, 2.24) is 10.2 Å². The van der Waals surface area contributed by atoms with Crippen LogP contribution in [0.15, 0.2) is 57.6 Å². The number of allylic oxidation sites excluding steroid dienone is 2. The zero-order valence-electron chi connectivity index (χ0n) is 14.3. The Hall–Kier alpha value is -1.51. The lowest BCUT2D eigenvalue weighted by molar-refractivity contribution is -0.136. The summed E-state index contributed by atoms with van der Waals surface area (Å²) in [5, 5.41) is 3.11. The molecule has 0 spiro atoms. The smallest absolute Gasteiger partial charge is 0.389 e. The molecule has 8 heteroatoms.